The smallest absolute Gasteiger partial charge is 0.387 e. The molecule has 1 aliphatic rings. The number of hydrogen-bond acceptors (Lipinski definition) is 7. The van der Waals surface area contributed by atoms with Crippen LogP contribution in [0.3, 0.4) is 0 Å². The first-order valence-corrected chi connectivity index (χ1v) is 13.2. The SMILES string of the molecule is COc1ccc(C(=O)OC(Cc2c(Cl)c[nH]c(=O)c2Cl)c2ccc(OC(F)F)c(OCC3CC3)c2)cc1N(C)C. The van der Waals surface area contributed by atoms with Gasteiger partial charge in [0, 0.05) is 32.3 Å². The highest BCUT2D eigenvalue weighted by atomic mass is 35.5. The minimum atomic E-state index is -3.06. The molecule has 12 heteroatoms. The Morgan fingerprint density at radius 3 is 2.48 bits per heavy atom. The summed E-state index contributed by atoms with van der Waals surface area (Å²) >= 11 is 12.6. The second-order valence-electron chi connectivity index (χ2n) is 9.48. The quantitative estimate of drug-likeness (QED) is 0.246. The summed E-state index contributed by atoms with van der Waals surface area (Å²) in [6.07, 6.45) is 2.16. The fourth-order valence-electron chi connectivity index (χ4n) is 4.01. The summed E-state index contributed by atoms with van der Waals surface area (Å²) in [7, 11) is 5.13. The Bertz CT molecular complexity index is 1430. The Kier molecular flexibility index (Phi) is 9.42. The monoisotopic (exact) mass is 596 g/mol. The third-order valence-corrected chi connectivity index (χ3v) is 7.08. The first-order chi connectivity index (χ1) is 19.1. The van der Waals surface area contributed by atoms with Crippen molar-refractivity contribution in [3.05, 3.63) is 79.7 Å². The van der Waals surface area contributed by atoms with Crippen molar-refractivity contribution in [3.63, 3.8) is 0 Å². The molecule has 1 N–H and O–H groups in total. The highest BCUT2D eigenvalue weighted by Gasteiger charge is 2.27. The van der Waals surface area contributed by atoms with Crippen LogP contribution in [0, 0.1) is 5.92 Å². The number of aromatic amines is 1. The lowest BCUT2D eigenvalue weighted by Crippen LogP contribution is -2.18. The minimum absolute atomic E-state index is 0.0770. The van der Waals surface area contributed by atoms with Crippen LogP contribution >= 0.6 is 23.2 Å². The van der Waals surface area contributed by atoms with Gasteiger partial charge < -0.3 is 28.8 Å². The van der Waals surface area contributed by atoms with E-state index in [9.17, 15) is 18.4 Å². The number of nitrogens with one attached hydrogen (secondary N) is 1. The number of benzene rings is 2. The third kappa shape index (κ3) is 7.17. The van der Waals surface area contributed by atoms with Gasteiger partial charge in [-0.05, 0) is 54.7 Å². The van der Waals surface area contributed by atoms with Crippen LogP contribution in [0.25, 0.3) is 0 Å². The molecule has 0 aliphatic heterocycles. The Labute approximate surface area is 239 Å². The predicted octanol–water partition coefficient (Wildman–Crippen LogP) is 6.29. The molecule has 214 valence electrons. The van der Waals surface area contributed by atoms with Crippen molar-refractivity contribution in [2.45, 2.75) is 32.0 Å². The fraction of sp³-hybridized carbons (Fsp3) is 0.357. The summed E-state index contributed by atoms with van der Waals surface area (Å²) in [4.78, 5) is 29.8. The van der Waals surface area contributed by atoms with E-state index >= 15 is 0 Å². The molecule has 1 aliphatic carbocycles. The van der Waals surface area contributed by atoms with E-state index in [0.29, 0.717) is 29.5 Å². The van der Waals surface area contributed by atoms with E-state index in [0.717, 1.165) is 12.8 Å². The number of hydrogen-bond donors (Lipinski definition) is 1. The summed E-state index contributed by atoms with van der Waals surface area (Å²) in [6.45, 7) is -2.73. The van der Waals surface area contributed by atoms with Crippen molar-refractivity contribution in [1.29, 1.82) is 0 Å². The van der Waals surface area contributed by atoms with Crippen LogP contribution in [-0.2, 0) is 11.2 Å². The van der Waals surface area contributed by atoms with E-state index in [1.807, 2.05) is 0 Å². The van der Waals surface area contributed by atoms with Gasteiger partial charge in [0.05, 0.1) is 30.0 Å². The molecule has 1 heterocycles. The number of alkyl halides is 2. The average Bonchev–Trinajstić information content (AvgIpc) is 3.76. The first-order valence-electron chi connectivity index (χ1n) is 12.4. The molecule has 8 nitrogen and oxygen atoms in total. The molecule has 0 spiro atoms. The molecule has 0 amide bonds. The number of carbonyl (C=O) groups is 1. The Hall–Kier alpha value is -3.50. The maximum atomic E-state index is 13.4. The lowest BCUT2D eigenvalue weighted by atomic mass is 10.0. The van der Waals surface area contributed by atoms with Gasteiger partial charge in [-0.3, -0.25) is 4.79 Å². The van der Waals surface area contributed by atoms with E-state index in [1.54, 1.807) is 37.2 Å². The maximum Gasteiger partial charge on any atom is 0.387 e. The van der Waals surface area contributed by atoms with E-state index in [1.165, 1.54) is 31.5 Å². The molecule has 0 radical (unpaired) electrons. The number of aromatic nitrogens is 1. The van der Waals surface area contributed by atoms with Gasteiger partial charge >= 0.3 is 12.6 Å². The van der Waals surface area contributed by atoms with Crippen LogP contribution in [0.15, 0.2) is 47.4 Å². The molecule has 1 aromatic heterocycles. The van der Waals surface area contributed by atoms with Gasteiger partial charge in [0.15, 0.2) is 11.5 Å². The number of halogens is 4. The van der Waals surface area contributed by atoms with E-state index in [2.05, 4.69) is 9.72 Å². The minimum Gasteiger partial charge on any atom is -0.495 e. The molecule has 1 fully saturated rings. The summed E-state index contributed by atoms with van der Waals surface area (Å²) in [5.74, 6) is 0.149. The number of pyridine rings is 1. The Morgan fingerprint density at radius 2 is 1.82 bits per heavy atom. The number of ether oxygens (including phenoxy) is 4. The second kappa shape index (κ2) is 12.8. The highest BCUT2D eigenvalue weighted by Crippen LogP contribution is 2.38. The predicted molar refractivity (Wildman–Crippen MR) is 148 cm³/mol. The number of anilines is 1. The number of nitrogens with zero attached hydrogens (tertiary/aromatic N) is 1. The van der Waals surface area contributed by atoms with Crippen molar-refractivity contribution < 1.29 is 32.5 Å². The third-order valence-electron chi connectivity index (χ3n) is 6.34. The normalized spacial score (nSPS) is 13.6. The highest BCUT2D eigenvalue weighted by molar-refractivity contribution is 6.35. The molecule has 1 saturated carbocycles. The lowest BCUT2D eigenvalue weighted by molar-refractivity contribution is -0.0515. The van der Waals surface area contributed by atoms with Gasteiger partial charge in [0.2, 0.25) is 0 Å². The zero-order valence-electron chi connectivity index (χ0n) is 22.0. The molecule has 0 bridgehead atoms. The summed E-state index contributed by atoms with van der Waals surface area (Å²) < 4.78 is 47.9. The van der Waals surface area contributed by atoms with Crippen LogP contribution in [0.2, 0.25) is 10.0 Å². The van der Waals surface area contributed by atoms with Gasteiger partial charge in [-0.1, -0.05) is 29.3 Å². The van der Waals surface area contributed by atoms with Crippen LogP contribution in [0.1, 0.15) is 40.4 Å². The van der Waals surface area contributed by atoms with E-state index in [4.69, 9.17) is 37.4 Å². The van der Waals surface area contributed by atoms with Gasteiger partial charge in [0.1, 0.15) is 16.9 Å². The van der Waals surface area contributed by atoms with Gasteiger partial charge in [-0.15, -0.1) is 0 Å². The van der Waals surface area contributed by atoms with Gasteiger partial charge in [0.25, 0.3) is 5.56 Å². The zero-order chi connectivity index (χ0) is 29.0. The van der Waals surface area contributed by atoms with Crippen LogP contribution in [0.4, 0.5) is 14.5 Å². The Morgan fingerprint density at radius 1 is 1.10 bits per heavy atom. The van der Waals surface area contributed by atoms with Gasteiger partial charge in [-0.25, -0.2) is 4.79 Å². The van der Waals surface area contributed by atoms with Crippen molar-refractivity contribution in [3.8, 4) is 17.2 Å². The number of esters is 1. The van der Waals surface area contributed by atoms with Crippen molar-refractivity contribution in [1.82, 2.24) is 4.98 Å². The largest absolute Gasteiger partial charge is 0.495 e. The molecule has 3 aromatic rings. The van der Waals surface area contributed by atoms with Crippen LogP contribution in [-0.4, -0.2) is 45.4 Å². The average molecular weight is 597 g/mol. The van der Waals surface area contributed by atoms with Crippen molar-refractivity contribution >= 4 is 34.9 Å². The molecular weight excluding hydrogens is 569 g/mol. The van der Waals surface area contributed by atoms with Gasteiger partial charge in [-0.2, -0.15) is 8.78 Å². The maximum absolute atomic E-state index is 13.4. The molecule has 1 unspecified atom stereocenters. The van der Waals surface area contributed by atoms with E-state index in [-0.39, 0.29) is 39.1 Å². The number of rotatable bonds is 12. The molecule has 4 rings (SSSR count). The zero-order valence-corrected chi connectivity index (χ0v) is 23.5. The molecular formula is C28H28Cl2F2N2O6. The second-order valence-corrected chi connectivity index (χ2v) is 10.3. The van der Waals surface area contributed by atoms with Crippen molar-refractivity contribution in [2.24, 2.45) is 5.92 Å². The first kappa shape index (κ1) is 29.5. The molecule has 2 aromatic carbocycles. The van der Waals surface area contributed by atoms with Crippen LogP contribution in [0.5, 0.6) is 17.2 Å². The summed E-state index contributed by atoms with van der Waals surface area (Å²) in [5, 5.41) is 0.00334. The summed E-state index contributed by atoms with van der Waals surface area (Å²) in [5.41, 5.74) is 0.974. The number of H-pyrrole nitrogens is 1. The van der Waals surface area contributed by atoms with E-state index < -0.39 is 24.2 Å². The standard InChI is InChI=1S/C28H28Cl2F2N2O6/c1-34(2)20-10-17(7-8-21(20)37-3)27(36)39-23(12-18-19(29)13-33-26(35)25(18)30)16-6-9-22(40-28(31)32)24(11-16)38-14-15-4-5-15/h6-11,13,15,23,28H,4-5,12,14H2,1-3H3,(H,33,35). The number of methoxy groups -OCH3 is 1. The number of carbonyl (C=O) groups excluding carboxylic acids is 1. The summed E-state index contributed by atoms with van der Waals surface area (Å²) in [6, 6.07) is 9.10. The fourth-order valence-corrected chi connectivity index (χ4v) is 4.52. The molecule has 40 heavy (non-hydrogen) atoms. The topological polar surface area (TPSA) is 90.1 Å². The van der Waals surface area contributed by atoms with Crippen molar-refractivity contribution in [2.75, 3.05) is 32.7 Å². The molecule has 0 saturated heterocycles. The molecule has 1 atom stereocenters. The van der Waals surface area contributed by atoms with Crippen LogP contribution < -0.4 is 24.7 Å². The lowest BCUT2D eigenvalue weighted by Gasteiger charge is -2.22. The Balaban J connectivity index is 1.72.